The highest BCUT2D eigenvalue weighted by molar-refractivity contribution is 5.94. The Bertz CT molecular complexity index is 818. The lowest BCUT2D eigenvalue weighted by Gasteiger charge is -2.14. The number of benzene rings is 2. The normalized spacial score (nSPS) is 12.4. The third-order valence-corrected chi connectivity index (χ3v) is 4.28. The highest BCUT2D eigenvalue weighted by Crippen LogP contribution is 2.31. The monoisotopic (exact) mass is 379 g/mol. The average molecular weight is 379 g/mol. The number of aliphatic carboxylic acids is 1. The second-order valence-electron chi connectivity index (χ2n) is 6.19. The molecule has 144 valence electrons. The molecular weight excluding hydrogens is 359 g/mol. The van der Waals surface area contributed by atoms with Crippen LogP contribution in [0.3, 0.4) is 0 Å². The average Bonchev–Trinajstić information content (AvgIpc) is 2.63. The van der Waals surface area contributed by atoms with E-state index in [0.717, 1.165) is 6.07 Å². The predicted molar refractivity (Wildman–Crippen MR) is 94.2 cm³/mol. The molecule has 1 unspecified atom stereocenters. The fourth-order valence-corrected chi connectivity index (χ4v) is 2.76. The Morgan fingerprint density at radius 2 is 1.81 bits per heavy atom. The van der Waals surface area contributed by atoms with Crippen molar-refractivity contribution in [3.8, 4) is 0 Å². The molecule has 0 aliphatic heterocycles. The van der Waals surface area contributed by atoms with Gasteiger partial charge >= 0.3 is 12.1 Å². The minimum Gasteiger partial charge on any atom is -0.481 e. The molecule has 2 aromatic rings. The van der Waals surface area contributed by atoms with E-state index in [1.807, 2.05) is 0 Å². The van der Waals surface area contributed by atoms with Gasteiger partial charge in [-0.05, 0) is 42.2 Å². The van der Waals surface area contributed by atoms with Gasteiger partial charge in [-0.2, -0.15) is 13.2 Å². The van der Waals surface area contributed by atoms with Crippen LogP contribution in [-0.2, 0) is 23.9 Å². The van der Waals surface area contributed by atoms with Crippen LogP contribution in [0.15, 0.2) is 48.5 Å². The maximum Gasteiger partial charge on any atom is 0.416 e. The van der Waals surface area contributed by atoms with Crippen molar-refractivity contribution in [2.24, 2.45) is 5.92 Å². The first-order valence-electron chi connectivity index (χ1n) is 8.47. The minimum absolute atomic E-state index is 0.0218. The van der Waals surface area contributed by atoms with Crippen molar-refractivity contribution in [2.45, 2.75) is 32.5 Å². The van der Waals surface area contributed by atoms with E-state index in [1.54, 1.807) is 25.1 Å². The first kappa shape index (κ1) is 20.5. The van der Waals surface area contributed by atoms with Crippen molar-refractivity contribution >= 4 is 11.9 Å². The summed E-state index contributed by atoms with van der Waals surface area (Å²) in [6.45, 7) is 1.51. The lowest BCUT2D eigenvalue weighted by Crippen LogP contribution is -2.24. The Morgan fingerprint density at radius 3 is 2.44 bits per heavy atom. The topological polar surface area (TPSA) is 66.4 Å². The Hall–Kier alpha value is -2.83. The third kappa shape index (κ3) is 5.57. The van der Waals surface area contributed by atoms with Crippen molar-refractivity contribution in [3.05, 3.63) is 70.8 Å². The van der Waals surface area contributed by atoms with E-state index >= 15 is 0 Å². The summed E-state index contributed by atoms with van der Waals surface area (Å²) in [5, 5.41) is 11.6. The largest absolute Gasteiger partial charge is 0.481 e. The Labute approximate surface area is 155 Å². The van der Waals surface area contributed by atoms with Crippen LogP contribution >= 0.6 is 0 Å². The van der Waals surface area contributed by atoms with Crippen LogP contribution in [0.2, 0.25) is 0 Å². The number of alkyl halides is 3. The van der Waals surface area contributed by atoms with Gasteiger partial charge in [0.2, 0.25) is 0 Å². The van der Waals surface area contributed by atoms with E-state index < -0.39 is 29.5 Å². The summed E-state index contributed by atoms with van der Waals surface area (Å²) >= 11 is 0. The van der Waals surface area contributed by atoms with Crippen LogP contribution < -0.4 is 5.32 Å². The van der Waals surface area contributed by atoms with Crippen molar-refractivity contribution in [3.63, 3.8) is 0 Å². The highest BCUT2D eigenvalue weighted by Gasteiger charge is 2.32. The Balaban J connectivity index is 2.09. The van der Waals surface area contributed by atoms with Gasteiger partial charge in [0.15, 0.2) is 0 Å². The van der Waals surface area contributed by atoms with E-state index in [-0.39, 0.29) is 24.1 Å². The number of carbonyl (C=O) groups excluding carboxylic acids is 1. The molecule has 1 amide bonds. The molecular formula is C20H20F3NO3. The number of nitrogens with one attached hydrogen (secondary N) is 1. The summed E-state index contributed by atoms with van der Waals surface area (Å²) in [5.74, 6) is -1.98. The molecule has 0 spiro atoms. The van der Waals surface area contributed by atoms with Crippen molar-refractivity contribution in [1.29, 1.82) is 0 Å². The number of amides is 1. The molecule has 0 heterocycles. The van der Waals surface area contributed by atoms with Gasteiger partial charge in [0.1, 0.15) is 0 Å². The van der Waals surface area contributed by atoms with E-state index in [4.69, 9.17) is 5.11 Å². The van der Waals surface area contributed by atoms with Crippen LogP contribution in [-0.4, -0.2) is 17.0 Å². The number of halogens is 3. The minimum atomic E-state index is -4.49. The molecule has 0 bridgehead atoms. The second-order valence-corrected chi connectivity index (χ2v) is 6.19. The zero-order chi connectivity index (χ0) is 20.0. The van der Waals surface area contributed by atoms with Crippen LogP contribution in [0.4, 0.5) is 13.2 Å². The van der Waals surface area contributed by atoms with E-state index in [1.165, 1.54) is 24.3 Å². The van der Waals surface area contributed by atoms with Gasteiger partial charge in [0, 0.05) is 12.1 Å². The molecule has 0 aromatic heterocycles. The van der Waals surface area contributed by atoms with Crippen LogP contribution in [0, 0.1) is 5.92 Å². The van der Waals surface area contributed by atoms with Gasteiger partial charge in [-0.1, -0.05) is 37.3 Å². The predicted octanol–water partition coefficient (Wildman–Crippen LogP) is 4.29. The molecule has 2 aromatic carbocycles. The Kier molecular flexibility index (Phi) is 6.60. The fraction of sp³-hybridized carbons (Fsp3) is 0.300. The van der Waals surface area contributed by atoms with Gasteiger partial charge in [-0.25, -0.2) is 0 Å². The smallest absolute Gasteiger partial charge is 0.416 e. The Morgan fingerprint density at radius 1 is 1.11 bits per heavy atom. The van der Waals surface area contributed by atoms with Gasteiger partial charge in [-0.3, -0.25) is 9.59 Å². The van der Waals surface area contributed by atoms with Crippen LogP contribution in [0.25, 0.3) is 0 Å². The maximum atomic E-state index is 13.0. The summed E-state index contributed by atoms with van der Waals surface area (Å²) in [6.07, 6.45) is -3.75. The maximum absolute atomic E-state index is 13.0. The molecule has 2 N–H and O–H groups in total. The number of rotatable bonds is 7. The van der Waals surface area contributed by atoms with E-state index in [0.29, 0.717) is 12.0 Å². The number of hydrogen-bond donors (Lipinski definition) is 2. The summed E-state index contributed by atoms with van der Waals surface area (Å²) in [7, 11) is 0. The molecule has 0 radical (unpaired) electrons. The SMILES string of the molecule is CCC(Cc1cccc(C(=O)NCc2ccccc2C(F)(F)F)c1)C(=O)O. The van der Waals surface area contributed by atoms with E-state index in [9.17, 15) is 22.8 Å². The fourth-order valence-electron chi connectivity index (χ4n) is 2.76. The number of carbonyl (C=O) groups is 2. The zero-order valence-corrected chi connectivity index (χ0v) is 14.7. The van der Waals surface area contributed by atoms with Gasteiger partial charge in [0.25, 0.3) is 5.91 Å². The molecule has 0 saturated heterocycles. The number of carboxylic acid groups (broad SMARTS) is 1. The van der Waals surface area contributed by atoms with Crippen molar-refractivity contribution in [2.75, 3.05) is 0 Å². The lowest BCUT2D eigenvalue weighted by molar-refractivity contribution is -0.142. The molecule has 7 heteroatoms. The first-order valence-corrected chi connectivity index (χ1v) is 8.47. The second kappa shape index (κ2) is 8.70. The molecule has 2 rings (SSSR count). The molecule has 0 saturated carbocycles. The zero-order valence-electron chi connectivity index (χ0n) is 14.7. The molecule has 0 aliphatic carbocycles. The quantitative estimate of drug-likeness (QED) is 0.754. The summed E-state index contributed by atoms with van der Waals surface area (Å²) in [4.78, 5) is 23.5. The third-order valence-electron chi connectivity index (χ3n) is 4.28. The molecule has 0 aliphatic rings. The van der Waals surface area contributed by atoms with E-state index in [2.05, 4.69) is 5.32 Å². The van der Waals surface area contributed by atoms with Gasteiger partial charge < -0.3 is 10.4 Å². The molecule has 4 nitrogen and oxygen atoms in total. The molecule has 1 atom stereocenters. The summed E-state index contributed by atoms with van der Waals surface area (Å²) < 4.78 is 39.0. The number of hydrogen-bond acceptors (Lipinski definition) is 2. The molecule has 27 heavy (non-hydrogen) atoms. The standard InChI is InChI=1S/C20H20F3NO3/c1-2-14(19(26)27)10-13-6-5-8-15(11-13)18(25)24-12-16-7-3-4-9-17(16)20(21,22)23/h3-9,11,14H,2,10,12H2,1H3,(H,24,25)(H,26,27). The van der Waals surface area contributed by atoms with Crippen LogP contribution in [0.5, 0.6) is 0 Å². The van der Waals surface area contributed by atoms with Crippen LogP contribution in [0.1, 0.15) is 40.4 Å². The van der Waals surface area contributed by atoms with Gasteiger partial charge in [0.05, 0.1) is 11.5 Å². The van der Waals surface area contributed by atoms with Crippen molar-refractivity contribution in [1.82, 2.24) is 5.32 Å². The highest BCUT2D eigenvalue weighted by atomic mass is 19.4. The molecule has 0 fully saturated rings. The summed E-state index contributed by atoms with van der Waals surface area (Å²) in [6, 6.07) is 11.5. The lowest BCUT2D eigenvalue weighted by atomic mass is 9.96. The van der Waals surface area contributed by atoms with Gasteiger partial charge in [-0.15, -0.1) is 0 Å². The van der Waals surface area contributed by atoms with Crippen molar-refractivity contribution < 1.29 is 27.9 Å². The number of carboxylic acids is 1. The summed E-state index contributed by atoms with van der Waals surface area (Å²) in [5.41, 5.74) is 0.155. The first-order chi connectivity index (χ1) is 12.7.